The number of amides is 1. The van der Waals surface area contributed by atoms with Crippen LogP contribution in [0.15, 0.2) is 36.4 Å². The first kappa shape index (κ1) is 18.3. The Kier molecular flexibility index (Phi) is 5.22. The highest BCUT2D eigenvalue weighted by Gasteiger charge is 2.36. The number of halogens is 3. The van der Waals surface area contributed by atoms with Crippen molar-refractivity contribution in [2.75, 3.05) is 0 Å². The van der Waals surface area contributed by atoms with Crippen molar-refractivity contribution in [3.05, 3.63) is 46.2 Å². The Morgan fingerprint density at radius 1 is 1.17 bits per heavy atom. The van der Waals surface area contributed by atoms with Crippen LogP contribution in [0.2, 0.25) is 0 Å². The van der Waals surface area contributed by atoms with Gasteiger partial charge < -0.3 is 10.1 Å². The standard InChI is InChI=1S/C17H18F3NO2S/c1-16(2,3)21-15(22)23-10-12-9-13(11-7-5-4-6-8-11)14(24-12)17(18,19)20/h4-9H,10H2,1-3H3,(H,21,22). The largest absolute Gasteiger partial charge is 0.444 e. The maximum atomic E-state index is 13.3. The molecule has 1 aromatic heterocycles. The smallest absolute Gasteiger partial charge is 0.426 e. The average Bonchev–Trinajstić information content (AvgIpc) is 2.89. The number of benzene rings is 1. The van der Waals surface area contributed by atoms with Crippen LogP contribution in [0.1, 0.15) is 30.5 Å². The summed E-state index contributed by atoms with van der Waals surface area (Å²) in [6, 6.07) is 9.76. The summed E-state index contributed by atoms with van der Waals surface area (Å²) in [6.45, 7) is 5.15. The molecule has 1 heterocycles. The summed E-state index contributed by atoms with van der Waals surface area (Å²) in [7, 11) is 0. The van der Waals surface area contributed by atoms with Crippen molar-refractivity contribution < 1.29 is 22.7 Å². The molecule has 0 atom stereocenters. The average molecular weight is 357 g/mol. The summed E-state index contributed by atoms with van der Waals surface area (Å²) in [5, 5.41) is 2.59. The minimum atomic E-state index is -4.46. The Morgan fingerprint density at radius 3 is 2.33 bits per heavy atom. The first-order chi connectivity index (χ1) is 11.1. The lowest BCUT2D eigenvalue weighted by Gasteiger charge is -2.19. The highest BCUT2D eigenvalue weighted by atomic mass is 32.1. The summed E-state index contributed by atoms with van der Waals surface area (Å²) < 4.78 is 44.8. The van der Waals surface area contributed by atoms with E-state index < -0.39 is 22.7 Å². The molecule has 0 saturated heterocycles. The van der Waals surface area contributed by atoms with Gasteiger partial charge in [-0.25, -0.2) is 4.79 Å². The maximum absolute atomic E-state index is 13.3. The van der Waals surface area contributed by atoms with E-state index in [9.17, 15) is 18.0 Å². The highest BCUT2D eigenvalue weighted by molar-refractivity contribution is 7.12. The van der Waals surface area contributed by atoms with E-state index in [1.807, 2.05) is 0 Å². The molecule has 7 heteroatoms. The lowest BCUT2D eigenvalue weighted by molar-refractivity contribution is -0.133. The second-order valence-corrected chi connectivity index (χ2v) is 7.41. The van der Waals surface area contributed by atoms with Crippen LogP contribution < -0.4 is 5.32 Å². The molecule has 0 aliphatic heterocycles. The summed E-state index contributed by atoms with van der Waals surface area (Å²) in [4.78, 5) is 11.3. The van der Waals surface area contributed by atoms with Crippen molar-refractivity contribution in [2.45, 2.75) is 39.1 Å². The summed E-state index contributed by atoms with van der Waals surface area (Å²) in [5.74, 6) is 0. The maximum Gasteiger partial charge on any atom is 0.426 e. The minimum absolute atomic E-state index is 0.0999. The van der Waals surface area contributed by atoms with Gasteiger partial charge in [0, 0.05) is 16.0 Å². The van der Waals surface area contributed by atoms with Crippen molar-refractivity contribution in [3.63, 3.8) is 0 Å². The molecular weight excluding hydrogens is 339 g/mol. The van der Waals surface area contributed by atoms with Gasteiger partial charge in [0.05, 0.1) is 0 Å². The zero-order valence-corrected chi connectivity index (χ0v) is 14.3. The van der Waals surface area contributed by atoms with E-state index in [1.54, 1.807) is 51.1 Å². The number of carbonyl (C=O) groups is 1. The number of thiophene rings is 1. The number of carbonyl (C=O) groups excluding carboxylic acids is 1. The second-order valence-electron chi connectivity index (χ2n) is 6.27. The van der Waals surface area contributed by atoms with Crippen molar-refractivity contribution in [1.82, 2.24) is 5.32 Å². The number of hydrogen-bond acceptors (Lipinski definition) is 3. The predicted octanol–water partition coefficient (Wildman–Crippen LogP) is 5.46. The van der Waals surface area contributed by atoms with Crippen LogP contribution in [-0.4, -0.2) is 11.6 Å². The van der Waals surface area contributed by atoms with Crippen molar-refractivity contribution in [2.24, 2.45) is 0 Å². The molecule has 0 aliphatic carbocycles. The molecule has 0 saturated carbocycles. The Labute approximate surface area is 142 Å². The van der Waals surface area contributed by atoms with Crippen molar-refractivity contribution in [3.8, 4) is 11.1 Å². The lowest BCUT2D eigenvalue weighted by atomic mass is 10.1. The Balaban J connectivity index is 2.21. The fourth-order valence-corrected chi connectivity index (χ4v) is 2.99. The van der Waals surface area contributed by atoms with Crippen molar-refractivity contribution >= 4 is 17.4 Å². The van der Waals surface area contributed by atoms with Gasteiger partial charge in [-0.15, -0.1) is 11.3 Å². The molecule has 2 rings (SSSR count). The van der Waals surface area contributed by atoms with Gasteiger partial charge >= 0.3 is 12.3 Å². The van der Waals surface area contributed by atoms with Crippen LogP contribution in [-0.2, 0) is 17.5 Å². The predicted molar refractivity (Wildman–Crippen MR) is 87.8 cm³/mol. The normalized spacial score (nSPS) is 12.1. The Morgan fingerprint density at radius 2 is 1.79 bits per heavy atom. The van der Waals surface area contributed by atoms with Gasteiger partial charge in [-0.05, 0) is 32.4 Å². The van der Waals surface area contributed by atoms with E-state index >= 15 is 0 Å². The molecule has 0 fully saturated rings. The first-order valence-corrected chi connectivity index (χ1v) is 8.08. The van der Waals surface area contributed by atoms with Gasteiger partial charge in [0.2, 0.25) is 0 Å². The van der Waals surface area contributed by atoms with Crippen LogP contribution in [0.4, 0.5) is 18.0 Å². The Bertz CT molecular complexity index is 703. The van der Waals surface area contributed by atoms with Crippen LogP contribution >= 0.6 is 11.3 Å². The summed E-state index contributed by atoms with van der Waals surface area (Å²) >= 11 is 0.591. The van der Waals surface area contributed by atoms with Gasteiger partial charge in [0.25, 0.3) is 0 Å². The molecule has 24 heavy (non-hydrogen) atoms. The number of alkyl halides is 3. The van der Waals surface area contributed by atoms with E-state index in [2.05, 4.69) is 5.32 Å². The SMILES string of the molecule is CC(C)(C)NC(=O)OCc1cc(-c2ccccc2)c(C(F)(F)F)s1. The quantitative estimate of drug-likeness (QED) is 0.792. The zero-order chi connectivity index (χ0) is 18.0. The molecule has 1 aromatic carbocycles. The highest BCUT2D eigenvalue weighted by Crippen LogP contribution is 2.42. The first-order valence-electron chi connectivity index (χ1n) is 7.26. The van der Waals surface area contributed by atoms with E-state index in [0.29, 0.717) is 21.8 Å². The van der Waals surface area contributed by atoms with Gasteiger partial charge in [0.1, 0.15) is 11.5 Å². The second kappa shape index (κ2) is 6.84. The van der Waals surface area contributed by atoms with E-state index in [-0.39, 0.29) is 12.2 Å². The van der Waals surface area contributed by atoms with E-state index in [1.165, 1.54) is 6.07 Å². The number of alkyl carbamates (subject to hydrolysis) is 1. The van der Waals surface area contributed by atoms with Gasteiger partial charge in [-0.2, -0.15) is 13.2 Å². The zero-order valence-electron chi connectivity index (χ0n) is 13.5. The number of hydrogen-bond donors (Lipinski definition) is 1. The molecule has 0 unspecified atom stereocenters. The van der Waals surface area contributed by atoms with Crippen molar-refractivity contribution in [1.29, 1.82) is 0 Å². The fraction of sp³-hybridized carbons (Fsp3) is 0.353. The van der Waals surface area contributed by atoms with E-state index in [4.69, 9.17) is 4.74 Å². The molecule has 0 bridgehead atoms. The van der Waals surface area contributed by atoms with Crippen LogP contribution in [0, 0.1) is 0 Å². The fourth-order valence-electron chi connectivity index (χ4n) is 2.03. The van der Waals surface area contributed by atoms with Gasteiger partial charge in [0.15, 0.2) is 0 Å². The third-order valence-electron chi connectivity index (χ3n) is 2.95. The van der Waals surface area contributed by atoms with Gasteiger partial charge in [-0.1, -0.05) is 30.3 Å². The monoisotopic (exact) mass is 357 g/mol. The number of rotatable bonds is 3. The Hall–Kier alpha value is -2.02. The summed E-state index contributed by atoms with van der Waals surface area (Å²) in [5.41, 5.74) is 0.105. The molecule has 2 aromatic rings. The molecule has 1 N–H and O–H groups in total. The molecule has 0 radical (unpaired) electrons. The third kappa shape index (κ3) is 4.99. The van der Waals surface area contributed by atoms with E-state index in [0.717, 1.165) is 0 Å². The molecule has 3 nitrogen and oxygen atoms in total. The van der Waals surface area contributed by atoms with Crippen LogP contribution in [0.25, 0.3) is 11.1 Å². The topological polar surface area (TPSA) is 38.3 Å². The number of nitrogens with one attached hydrogen (secondary N) is 1. The molecule has 130 valence electrons. The van der Waals surface area contributed by atoms with Gasteiger partial charge in [-0.3, -0.25) is 0 Å². The number of ether oxygens (including phenoxy) is 1. The van der Waals surface area contributed by atoms with Crippen LogP contribution in [0.3, 0.4) is 0 Å². The third-order valence-corrected chi connectivity index (χ3v) is 4.10. The molecule has 0 aliphatic rings. The molecular formula is C17H18F3NO2S. The summed E-state index contributed by atoms with van der Waals surface area (Å²) in [6.07, 6.45) is -5.12. The molecule has 1 amide bonds. The lowest BCUT2D eigenvalue weighted by Crippen LogP contribution is -2.40. The molecule has 0 spiro atoms. The minimum Gasteiger partial charge on any atom is -0.444 e. The van der Waals surface area contributed by atoms with Crippen LogP contribution in [0.5, 0.6) is 0 Å².